The van der Waals surface area contributed by atoms with E-state index in [2.05, 4.69) is 13.8 Å². The Morgan fingerprint density at radius 2 is 1.78 bits per heavy atom. The van der Waals surface area contributed by atoms with Crippen LogP contribution in [0.25, 0.3) is 0 Å². The van der Waals surface area contributed by atoms with E-state index in [0.717, 1.165) is 24.3 Å². The van der Waals surface area contributed by atoms with Gasteiger partial charge < -0.3 is 0 Å². The fourth-order valence-electron chi connectivity index (χ4n) is 5.47. The minimum Gasteiger partial charge on any atom is -0.299 e. The number of halogens is 2. The van der Waals surface area contributed by atoms with Gasteiger partial charge in [-0.2, -0.15) is 0 Å². The van der Waals surface area contributed by atoms with Gasteiger partial charge in [0.2, 0.25) is 0 Å². The van der Waals surface area contributed by atoms with E-state index in [9.17, 15) is 13.6 Å². The number of benzene rings is 1. The summed E-state index contributed by atoms with van der Waals surface area (Å²) in [5.41, 5.74) is 0.768. The van der Waals surface area contributed by atoms with Crippen LogP contribution in [0.4, 0.5) is 8.78 Å². The number of hydrogen-bond donors (Lipinski definition) is 0. The molecule has 0 heterocycles. The zero-order valence-electron chi connectivity index (χ0n) is 16.9. The number of unbranched alkanes of at least 4 members (excludes halogenated alkanes) is 1. The van der Waals surface area contributed by atoms with Crippen molar-refractivity contribution in [3.63, 3.8) is 0 Å². The molecule has 0 spiro atoms. The number of hydrogen-bond acceptors (Lipinski definition) is 1. The van der Waals surface area contributed by atoms with Gasteiger partial charge in [-0.3, -0.25) is 4.79 Å². The third-order valence-electron chi connectivity index (χ3n) is 7.34. The topological polar surface area (TPSA) is 17.1 Å². The van der Waals surface area contributed by atoms with Crippen molar-refractivity contribution in [3.05, 3.63) is 35.4 Å². The summed E-state index contributed by atoms with van der Waals surface area (Å²) in [5, 5.41) is 0. The van der Waals surface area contributed by atoms with Crippen molar-refractivity contribution in [2.75, 3.05) is 0 Å². The van der Waals surface area contributed by atoms with Crippen LogP contribution in [0.3, 0.4) is 0 Å². The largest absolute Gasteiger partial charge is 0.299 e. The number of carbonyl (C=O) groups excluding carboxylic acids is 1. The molecule has 0 amide bonds. The molecule has 0 N–H and O–H groups in total. The van der Waals surface area contributed by atoms with Crippen LogP contribution in [-0.4, -0.2) is 5.78 Å². The Labute approximate surface area is 162 Å². The fraction of sp³-hybridized carbons (Fsp3) is 0.708. The zero-order chi connectivity index (χ0) is 19.4. The number of ketones is 1. The van der Waals surface area contributed by atoms with Crippen LogP contribution in [0.5, 0.6) is 0 Å². The summed E-state index contributed by atoms with van der Waals surface area (Å²) in [6.07, 6.45) is 11.5. The van der Waals surface area contributed by atoms with Crippen LogP contribution in [0.1, 0.15) is 89.5 Å². The molecule has 3 rings (SSSR count). The first-order valence-corrected chi connectivity index (χ1v) is 11.0. The van der Waals surface area contributed by atoms with Gasteiger partial charge in [0.15, 0.2) is 11.6 Å². The molecule has 27 heavy (non-hydrogen) atoms. The summed E-state index contributed by atoms with van der Waals surface area (Å²) in [7, 11) is 0. The molecule has 2 fully saturated rings. The molecule has 2 saturated carbocycles. The Morgan fingerprint density at radius 1 is 1.04 bits per heavy atom. The lowest BCUT2D eigenvalue weighted by molar-refractivity contribution is -0.127. The minimum atomic E-state index is -0.818. The molecule has 150 valence electrons. The molecule has 3 heteroatoms. The molecule has 2 aliphatic carbocycles. The van der Waals surface area contributed by atoms with Crippen molar-refractivity contribution in [1.29, 1.82) is 0 Å². The first-order valence-electron chi connectivity index (χ1n) is 11.0. The highest BCUT2D eigenvalue weighted by Crippen LogP contribution is 2.43. The summed E-state index contributed by atoms with van der Waals surface area (Å²) < 4.78 is 26.7. The van der Waals surface area contributed by atoms with Gasteiger partial charge in [0.1, 0.15) is 5.78 Å². The second-order valence-corrected chi connectivity index (χ2v) is 9.01. The summed E-state index contributed by atoms with van der Waals surface area (Å²) in [5.74, 6) is 0.929. The molecule has 1 aromatic rings. The van der Waals surface area contributed by atoms with Gasteiger partial charge in [-0.05, 0) is 67.1 Å². The van der Waals surface area contributed by atoms with E-state index in [1.54, 1.807) is 6.07 Å². The first-order chi connectivity index (χ1) is 13.0. The van der Waals surface area contributed by atoms with E-state index < -0.39 is 11.6 Å². The maximum Gasteiger partial charge on any atom is 0.159 e. The van der Waals surface area contributed by atoms with Crippen LogP contribution < -0.4 is 0 Å². The predicted octanol–water partition coefficient (Wildman–Crippen LogP) is 7.05. The van der Waals surface area contributed by atoms with Crippen LogP contribution in [0.2, 0.25) is 0 Å². The highest BCUT2D eigenvalue weighted by molar-refractivity contribution is 5.83. The zero-order valence-corrected chi connectivity index (χ0v) is 16.9. The second kappa shape index (κ2) is 9.30. The minimum absolute atomic E-state index is 0.0424. The van der Waals surface area contributed by atoms with Gasteiger partial charge in [0.05, 0.1) is 0 Å². The molecule has 0 aliphatic heterocycles. The molecular formula is C24H34F2O. The van der Waals surface area contributed by atoms with E-state index >= 15 is 0 Å². The molecular weight excluding hydrogens is 342 g/mol. The van der Waals surface area contributed by atoms with Crippen molar-refractivity contribution < 1.29 is 13.6 Å². The van der Waals surface area contributed by atoms with E-state index in [1.165, 1.54) is 57.1 Å². The monoisotopic (exact) mass is 376 g/mol. The maximum atomic E-state index is 13.5. The Morgan fingerprint density at radius 3 is 2.41 bits per heavy atom. The molecule has 0 saturated heterocycles. The molecule has 3 atom stereocenters. The van der Waals surface area contributed by atoms with E-state index in [0.29, 0.717) is 24.0 Å². The van der Waals surface area contributed by atoms with E-state index in [-0.39, 0.29) is 11.8 Å². The van der Waals surface area contributed by atoms with Gasteiger partial charge in [0.25, 0.3) is 0 Å². The molecule has 1 unspecified atom stereocenters. The quantitative estimate of drug-likeness (QED) is 0.520. The van der Waals surface area contributed by atoms with E-state index in [4.69, 9.17) is 0 Å². The summed E-state index contributed by atoms with van der Waals surface area (Å²) in [6, 6.07) is 4.09. The van der Waals surface area contributed by atoms with Crippen molar-refractivity contribution in [2.45, 2.75) is 84.0 Å². The molecule has 1 nitrogen and oxygen atoms in total. The van der Waals surface area contributed by atoms with E-state index in [1.807, 2.05) is 0 Å². The third kappa shape index (κ3) is 4.97. The summed E-state index contributed by atoms with van der Waals surface area (Å²) in [6.45, 7) is 4.54. The number of Topliss-reactive ketones (excluding diaryl/α,β-unsaturated/α-hetero) is 1. The second-order valence-electron chi connectivity index (χ2n) is 9.01. The number of rotatable bonds is 6. The normalized spacial score (nSPS) is 30.3. The SMILES string of the molecule is CCCC[C@H]1CC[C@H](C(C)[C@@H]2CC[C@@H](c3ccc(F)c(F)c3)CC2=O)CC1. The van der Waals surface area contributed by atoms with Crippen molar-refractivity contribution >= 4 is 5.78 Å². The Kier molecular flexibility index (Phi) is 7.05. The lowest BCUT2D eigenvalue weighted by Crippen LogP contribution is -2.34. The highest BCUT2D eigenvalue weighted by atomic mass is 19.2. The lowest BCUT2D eigenvalue weighted by Gasteiger charge is -2.38. The van der Waals surface area contributed by atoms with Crippen LogP contribution >= 0.6 is 0 Å². The van der Waals surface area contributed by atoms with Gasteiger partial charge in [-0.15, -0.1) is 0 Å². The predicted molar refractivity (Wildman–Crippen MR) is 106 cm³/mol. The van der Waals surface area contributed by atoms with Crippen molar-refractivity contribution in [2.24, 2.45) is 23.7 Å². The van der Waals surface area contributed by atoms with Crippen molar-refractivity contribution in [1.82, 2.24) is 0 Å². The third-order valence-corrected chi connectivity index (χ3v) is 7.34. The average Bonchev–Trinajstić information content (AvgIpc) is 2.68. The van der Waals surface area contributed by atoms with Gasteiger partial charge in [-0.25, -0.2) is 8.78 Å². The van der Waals surface area contributed by atoms with Gasteiger partial charge >= 0.3 is 0 Å². The maximum absolute atomic E-state index is 13.5. The molecule has 1 aromatic carbocycles. The van der Waals surface area contributed by atoms with Gasteiger partial charge in [0, 0.05) is 12.3 Å². The lowest BCUT2D eigenvalue weighted by atomic mass is 9.66. The summed E-state index contributed by atoms with van der Waals surface area (Å²) >= 11 is 0. The molecule has 0 bridgehead atoms. The van der Waals surface area contributed by atoms with Crippen LogP contribution in [-0.2, 0) is 4.79 Å². The van der Waals surface area contributed by atoms with Crippen LogP contribution in [0, 0.1) is 35.3 Å². The average molecular weight is 377 g/mol. The van der Waals surface area contributed by atoms with Crippen LogP contribution in [0.15, 0.2) is 18.2 Å². The first kappa shape index (κ1) is 20.5. The smallest absolute Gasteiger partial charge is 0.159 e. The molecule has 2 aliphatic rings. The molecule has 0 radical (unpaired) electrons. The fourth-order valence-corrected chi connectivity index (χ4v) is 5.47. The van der Waals surface area contributed by atoms with Gasteiger partial charge in [-0.1, -0.05) is 52.0 Å². The Hall–Kier alpha value is -1.25. The Bertz CT molecular complexity index is 633. The summed E-state index contributed by atoms with van der Waals surface area (Å²) in [4.78, 5) is 12.9. The number of carbonyl (C=O) groups is 1. The highest BCUT2D eigenvalue weighted by Gasteiger charge is 2.37. The Balaban J connectivity index is 1.53. The van der Waals surface area contributed by atoms with Crippen molar-refractivity contribution in [3.8, 4) is 0 Å². The standard InChI is InChI=1S/C24H34F2O/c1-3-4-5-17-6-8-18(9-7-17)16(2)21-12-10-20(15-24(21)27)19-11-13-22(25)23(26)14-19/h11,13-14,16-18,20-21H,3-10,12,15H2,1-2H3/t16?,17-,18-,20-,21+/m1/s1. The molecule has 0 aromatic heterocycles.